The fourth-order valence-electron chi connectivity index (χ4n) is 0.383. The zero-order valence-electron chi connectivity index (χ0n) is 6.20. The Balaban J connectivity index is 4.47. The van der Waals surface area contributed by atoms with Gasteiger partial charge < -0.3 is 4.89 Å². The van der Waals surface area contributed by atoms with Crippen LogP contribution in [0.1, 0.15) is 0 Å². The fourth-order valence-corrected chi connectivity index (χ4v) is 2.55. The molecule has 0 spiro atoms. The molecule has 0 aromatic rings. The molecule has 0 amide bonds. The van der Waals surface area contributed by atoms with Crippen LogP contribution in [0.15, 0.2) is 0 Å². The first kappa shape index (κ1) is 13.4. The predicted octanol–water partition coefficient (Wildman–Crippen LogP) is 0.287. The summed E-state index contributed by atoms with van der Waals surface area (Å²) in [6.45, 7) is -0.416. The van der Waals surface area contributed by atoms with Crippen molar-refractivity contribution in [3.8, 4) is 0 Å². The highest BCUT2D eigenvalue weighted by molar-refractivity contribution is 8.00. The second-order valence-corrected chi connectivity index (χ2v) is 5.87. The third-order valence-corrected chi connectivity index (χ3v) is 4.09. The molecule has 0 radical (unpaired) electrons. The minimum atomic E-state index is -4.99. The molecule has 4 N–H and O–H groups in total. The number of carbonyl (C=O) groups excluding carboxylic acids is 1. The Morgan fingerprint density at radius 3 is 2.23 bits per heavy atom. The number of hydrogen-bond donors (Lipinski definition) is 4. The quantitative estimate of drug-likeness (QED) is 0.410. The molecular weight excluding hydrogens is 245 g/mol. The lowest BCUT2D eigenvalue weighted by Crippen LogP contribution is -2.07. The number of halogens is 1. The molecule has 78 valence electrons. The van der Waals surface area contributed by atoms with Crippen LogP contribution in [-0.2, 0) is 9.09 Å². The average Bonchev–Trinajstić information content (AvgIpc) is 1.98. The van der Waals surface area contributed by atoms with Crippen LogP contribution in [0.25, 0.3) is 0 Å². The smallest absolute Gasteiger partial charge is 0.316 e. The van der Waals surface area contributed by atoms with Crippen LogP contribution in [0.3, 0.4) is 0 Å². The highest BCUT2D eigenvalue weighted by Crippen LogP contribution is 2.62. The van der Waals surface area contributed by atoms with Gasteiger partial charge in [0.15, 0.2) is 0 Å². The van der Waals surface area contributed by atoms with Crippen molar-refractivity contribution in [1.29, 1.82) is 0 Å². The van der Waals surface area contributed by atoms with E-state index in [-0.39, 0.29) is 5.88 Å². The molecule has 7 nitrogen and oxygen atoms in total. The van der Waals surface area contributed by atoms with Gasteiger partial charge in [0.05, 0.1) is 6.61 Å². The number of alkyl halides is 1. The normalized spacial score (nSPS) is 16.7. The molecule has 0 saturated carbocycles. The lowest BCUT2D eigenvalue weighted by molar-refractivity contribution is 0.236. The van der Waals surface area contributed by atoms with E-state index in [4.69, 9.17) is 31.2 Å². The average molecular weight is 253 g/mol. The summed E-state index contributed by atoms with van der Waals surface area (Å²) >= 11 is 5.08. The highest BCUT2D eigenvalue weighted by Gasteiger charge is 2.56. The van der Waals surface area contributed by atoms with Crippen molar-refractivity contribution in [1.82, 2.24) is 0 Å². The summed E-state index contributed by atoms with van der Waals surface area (Å²) in [6, 6.07) is 0. The molecule has 0 rings (SSSR count). The van der Waals surface area contributed by atoms with Crippen LogP contribution >= 0.6 is 27.1 Å². The van der Waals surface area contributed by atoms with E-state index in [1.54, 1.807) is 0 Å². The minimum absolute atomic E-state index is 0.147. The van der Waals surface area contributed by atoms with Gasteiger partial charge in [0.2, 0.25) is 0 Å². The zero-order valence-corrected chi connectivity index (χ0v) is 8.74. The van der Waals surface area contributed by atoms with Gasteiger partial charge in [-0.25, -0.2) is 9.36 Å². The maximum absolute atomic E-state index is 10.8. The number of carbonyl (C=O) groups is 1. The Morgan fingerprint density at radius 1 is 1.46 bits per heavy atom. The Kier molecular flexibility index (Phi) is 4.93. The molecule has 1 unspecified atom stereocenters. The molecule has 1 atom stereocenters. The van der Waals surface area contributed by atoms with Crippen molar-refractivity contribution in [2.45, 2.75) is 0 Å². The minimum Gasteiger partial charge on any atom is -0.316 e. The Labute approximate surface area is 79.0 Å². The molecule has 0 bridgehead atoms. The predicted molar refractivity (Wildman–Crippen MR) is 45.5 cm³/mol. The van der Waals surface area contributed by atoms with Crippen molar-refractivity contribution < 1.29 is 33.5 Å². The topological polar surface area (TPSA) is 124 Å². The van der Waals surface area contributed by atoms with Crippen molar-refractivity contribution >= 4 is 32.4 Å². The molecule has 0 aliphatic carbocycles. The molecule has 0 aromatic carbocycles. The van der Waals surface area contributed by atoms with E-state index in [0.29, 0.717) is 0 Å². The van der Waals surface area contributed by atoms with E-state index in [9.17, 15) is 9.36 Å². The standard InChI is InChI=1S/C3H7ClO7P2/c4-1-2-11-13(9,10)3(5)12(6,7)8/h6-8H,1-2H2/p+1. The Hall–Kier alpha value is 0.420. The van der Waals surface area contributed by atoms with Crippen LogP contribution < -0.4 is 0 Å². The maximum atomic E-state index is 10.8. The van der Waals surface area contributed by atoms with E-state index in [1.165, 1.54) is 0 Å². The zero-order chi connectivity index (χ0) is 10.7. The Morgan fingerprint density at radius 2 is 1.92 bits per heavy atom. The molecule has 0 fully saturated rings. The molecule has 10 heteroatoms. The number of hydrogen-bond acceptors (Lipinski definition) is 6. The van der Waals surface area contributed by atoms with Gasteiger partial charge in [-0.1, -0.05) is 0 Å². The molecule has 0 heterocycles. The van der Waals surface area contributed by atoms with Crippen LogP contribution in [0.2, 0.25) is 0 Å². The van der Waals surface area contributed by atoms with Gasteiger partial charge in [-0.15, -0.1) is 11.6 Å². The van der Waals surface area contributed by atoms with E-state index in [2.05, 4.69) is 4.52 Å². The van der Waals surface area contributed by atoms with Crippen molar-refractivity contribution in [3.63, 3.8) is 0 Å². The first-order valence-electron chi connectivity index (χ1n) is 2.87. The van der Waals surface area contributed by atoms with Gasteiger partial charge in [-0.05, 0) is 0 Å². The summed E-state index contributed by atoms with van der Waals surface area (Å²) in [5.41, 5.74) is 0. The lowest BCUT2D eigenvalue weighted by Gasteiger charge is -2.08. The monoisotopic (exact) mass is 253 g/mol. The largest absolute Gasteiger partial charge is 0.492 e. The molecule has 0 saturated heterocycles. The van der Waals surface area contributed by atoms with Crippen LogP contribution in [-0.4, -0.2) is 37.3 Å². The summed E-state index contributed by atoms with van der Waals surface area (Å²) in [7, 11) is -9.83. The molecular formula is C3H8ClO7P2+. The Bertz CT molecular complexity index is 234. The van der Waals surface area contributed by atoms with E-state index >= 15 is 0 Å². The first-order valence-corrected chi connectivity index (χ1v) is 6.63. The first-order chi connectivity index (χ1) is 5.72. The van der Waals surface area contributed by atoms with Gasteiger partial charge in [0.25, 0.3) is 0 Å². The van der Waals surface area contributed by atoms with E-state index < -0.39 is 27.4 Å². The second-order valence-electron chi connectivity index (χ2n) is 1.89. The summed E-state index contributed by atoms with van der Waals surface area (Å²) in [6.07, 6.45) is 0. The van der Waals surface area contributed by atoms with Crippen LogP contribution in [0, 0.1) is 0 Å². The van der Waals surface area contributed by atoms with Gasteiger partial charge in [0, 0.05) is 5.88 Å². The van der Waals surface area contributed by atoms with Gasteiger partial charge in [-0.3, -0.25) is 4.52 Å². The summed E-state index contributed by atoms with van der Waals surface area (Å²) in [4.78, 5) is 44.4. The summed E-state index contributed by atoms with van der Waals surface area (Å²) in [5.74, 6) is -0.147. The fraction of sp³-hybridized carbons (Fsp3) is 0.667. The molecule has 0 aliphatic heterocycles. The number of rotatable bonds is 5. The summed E-state index contributed by atoms with van der Waals surface area (Å²) in [5, 5.41) is -2.01. The van der Waals surface area contributed by atoms with Crippen molar-refractivity contribution in [2.75, 3.05) is 12.5 Å². The lowest BCUT2D eigenvalue weighted by atomic mass is 10.9. The third kappa shape index (κ3) is 4.44. The van der Waals surface area contributed by atoms with Gasteiger partial charge in [0.1, 0.15) is 0 Å². The molecule has 0 aliphatic rings. The molecule has 13 heavy (non-hydrogen) atoms. The van der Waals surface area contributed by atoms with Gasteiger partial charge >= 0.3 is 20.8 Å². The van der Waals surface area contributed by atoms with Crippen molar-refractivity contribution in [2.24, 2.45) is 0 Å². The SMILES string of the molecule is O=C(P(=O)(O)OCCCl)[P+](O)(O)O. The summed E-state index contributed by atoms with van der Waals surface area (Å²) < 4.78 is 14.8. The maximum Gasteiger partial charge on any atom is 0.492 e. The van der Waals surface area contributed by atoms with Crippen molar-refractivity contribution in [3.05, 3.63) is 0 Å². The second kappa shape index (κ2) is 4.77. The van der Waals surface area contributed by atoms with E-state index in [1.807, 2.05) is 0 Å². The van der Waals surface area contributed by atoms with Crippen LogP contribution in [0.5, 0.6) is 0 Å². The van der Waals surface area contributed by atoms with Crippen LogP contribution in [0.4, 0.5) is 4.79 Å². The van der Waals surface area contributed by atoms with Gasteiger partial charge in [-0.2, -0.15) is 14.7 Å². The highest BCUT2D eigenvalue weighted by atomic mass is 35.5. The molecule has 0 aromatic heterocycles. The third-order valence-electron chi connectivity index (χ3n) is 0.842. The van der Waals surface area contributed by atoms with E-state index in [0.717, 1.165) is 0 Å².